The van der Waals surface area contributed by atoms with E-state index in [-0.39, 0.29) is 13.1 Å². The van der Waals surface area contributed by atoms with Crippen molar-refractivity contribution in [2.75, 3.05) is 13.1 Å². The first-order chi connectivity index (χ1) is 9.85. The van der Waals surface area contributed by atoms with Crippen LogP contribution < -0.4 is 5.32 Å². The van der Waals surface area contributed by atoms with Gasteiger partial charge < -0.3 is 15.3 Å². The van der Waals surface area contributed by atoms with E-state index in [1.807, 2.05) is 0 Å². The normalized spacial score (nSPS) is 11.8. The molecule has 1 aromatic rings. The predicted molar refractivity (Wildman–Crippen MR) is 72.6 cm³/mol. The quantitative estimate of drug-likeness (QED) is 0.846. The van der Waals surface area contributed by atoms with E-state index >= 15 is 0 Å². The molecular weight excluding hydrogens is 282 g/mol. The molecular formula is C14H18F2N2O3. The molecule has 2 N–H and O–H groups in total. The highest BCUT2D eigenvalue weighted by molar-refractivity contribution is 5.75. The minimum atomic E-state index is -0.984. The van der Waals surface area contributed by atoms with Gasteiger partial charge in [0, 0.05) is 19.6 Å². The van der Waals surface area contributed by atoms with Crippen molar-refractivity contribution in [1.82, 2.24) is 10.2 Å². The number of aliphatic carboxylic acids is 1. The van der Waals surface area contributed by atoms with Crippen LogP contribution in [-0.2, 0) is 11.3 Å². The molecule has 0 spiro atoms. The Labute approximate surface area is 121 Å². The Morgan fingerprint density at radius 2 is 2.00 bits per heavy atom. The number of amides is 2. The molecule has 0 aliphatic rings. The number of rotatable bonds is 6. The summed E-state index contributed by atoms with van der Waals surface area (Å²) in [7, 11) is 0. The van der Waals surface area contributed by atoms with Gasteiger partial charge >= 0.3 is 12.0 Å². The fraction of sp³-hybridized carbons (Fsp3) is 0.429. The number of carbonyl (C=O) groups is 2. The van der Waals surface area contributed by atoms with Crippen LogP contribution >= 0.6 is 0 Å². The van der Waals surface area contributed by atoms with Crippen molar-refractivity contribution in [3.63, 3.8) is 0 Å². The Balaban J connectivity index is 2.58. The highest BCUT2D eigenvalue weighted by atomic mass is 19.2. The number of carbonyl (C=O) groups excluding carboxylic acids is 1. The minimum absolute atomic E-state index is 0.0357. The number of urea groups is 1. The molecule has 0 radical (unpaired) electrons. The third kappa shape index (κ3) is 5.02. The average Bonchev–Trinajstić information content (AvgIpc) is 2.45. The lowest BCUT2D eigenvalue weighted by molar-refractivity contribution is -0.141. The van der Waals surface area contributed by atoms with Gasteiger partial charge in [-0.25, -0.2) is 13.6 Å². The van der Waals surface area contributed by atoms with Crippen molar-refractivity contribution >= 4 is 12.0 Å². The van der Waals surface area contributed by atoms with Gasteiger partial charge in [0.05, 0.1) is 5.92 Å². The van der Waals surface area contributed by atoms with Crippen molar-refractivity contribution in [1.29, 1.82) is 0 Å². The van der Waals surface area contributed by atoms with Gasteiger partial charge in [-0.2, -0.15) is 0 Å². The van der Waals surface area contributed by atoms with Crippen molar-refractivity contribution in [3.8, 4) is 0 Å². The summed E-state index contributed by atoms with van der Waals surface area (Å²) in [6.07, 6.45) is 0. The molecule has 0 aliphatic heterocycles. The van der Waals surface area contributed by atoms with Gasteiger partial charge in [-0.05, 0) is 24.6 Å². The molecule has 0 aliphatic carbocycles. The van der Waals surface area contributed by atoms with Crippen LogP contribution in [0.2, 0.25) is 0 Å². The lowest BCUT2D eigenvalue weighted by Gasteiger charge is -2.23. The Morgan fingerprint density at radius 3 is 2.52 bits per heavy atom. The van der Waals surface area contributed by atoms with Gasteiger partial charge in [0.15, 0.2) is 11.6 Å². The van der Waals surface area contributed by atoms with Crippen LogP contribution in [0.5, 0.6) is 0 Å². The van der Waals surface area contributed by atoms with E-state index < -0.39 is 29.6 Å². The van der Waals surface area contributed by atoms with E-state index in [2.05, 4.69) is 5.32 Å². The smallest absolute Gasteiger partial charge is 0.317 e. The minimum Gasteiger partial charge on any atom is -0.481 e. The van der Waals surface area contributed by atoms with Gasteiger partial charge in [0.1, 0.15) is 0 Å². The molecule has 0 saturated carbocycles. The summed E-state index contributed by atoms with van der Waals surface area (Å²) in [5.41, 5.74) is 0.421. The highest BCUT2D eigenvalue weighted by Gasteiger charge is 2.19. The summed E-state index contributed by atoms with van der Waals surface area (Å²) < 4.78 is 25.8. The van der Waals surface area contributed by atoms with E-state index in [4.69, 9.17) is 5.11 Å². The number of nitrogens with one attached hydrogen (secondary N) is 1. The molecule has 5 nitrogen and oxygen atoms in total. The summed E-state index contributed by atoms with van der Waals surface area (Å²) >= 11 is 0. The first-order valence-electron chi connectivity index (χ1n) is 6.54. The van der Waals surface area contributed by atoms with Crippen molar-refractivity contribution in [2.45, 2.75) is 20.4 Å². The summed E-state index contributed by atoms with van der Waals surface area (Å²) in [5.74, 6) is -3.59. The van der Waals surface area contributed by atoms with E-state index in [1.165, 1.54) is 17.9 Å². The van der Waals surface area contributed by atoms with Gasteiger partial charge in [-0.3, -0.25) is 4.79 Å². The zero-order chi connectivity index (χ0) is 16.0. The number of hydrogen-bond donors (Lipinski definition) is 2. The fourth-order valence-electron chi connectivity index (χ4n) is 1.70. The molecule has 7 heteroatoms. The molecule has 0 heterocycles. The molecule has 1 unspecified atom stereocenters. The molecule has 116 valence electrons. The topological polar surface area (TPSA) is 69.6 Å². The average molecular weight is 300 g/mol. The number of hydrogen-bond acceptors (Lipinski definition) is 2. The van der Waals surface area contributed by atoms with Crippen LogP contribution in [-0.4, -0.2) is 35.1 Å². The first kappa shape index (κ1) is 16.9. The number of carboxylic acid groups (broad SMARTS) is 1. The second kappa shape index (κ2) is 7.56. The second-order valence-electron chi connectivity index (χ2n) is 4.69. The maximum Gasteiger partial charge on any atom is 0.317 e. The van der Waals surface area contributed by atoms with Crippen molar-refractivity contribution in [3.05, 3.63) is 35.4 Å². The van der Waals surface area contributed by atoms with E-state index in [0.717, 1.165) is 12.1 Å². The van der Waals surface area contributed by atoms with Crippen molar-refractivity contribution < 1.29 is 23.5 Å². The Morgan fingerprint density at radius 1 is 1.33 bits per heavy atom. The maximum atomic E-state index is 13.0. The van der Waals surface area contributed by atoms with Crippen molar-refractivity contribution in [2.24, 2.45) is 5.92 Å². The molecule has 21 heavy (non-hydrogen) atoms. The third-order valence-electron chi connectivity index (χ3n) is 3.01. The van der Waals surface area contributed by atoms with Gasteiger partial charge in [0.2, 0.25) is 0 Å². The molecule has 0 aromatic heterocycles. The maximum absolute atomic E-state index is 13.0. The third-order valence-corrected chi connectivity index (χ3v) is 3.01. The van der Waals surface area contributed by atoms with Gasteiger partial charge in [-0.15, -0.1) is 0 Å². The second-order valence-corrected chi connectivity index (χ2v) is 4.69. The SMILES string of the molecule is CCN(CC(C)C(=O)O)C(=O)NCc1ccc(F)c(F)c1. The fourth-order valence-corrected chi connectivity index (χ4v) is 1.70. The van der Waals surface area contributed by atoms with Gasteiger partial charge in [0.25, 0.3) is 0 Å². The lowest BCUT2D eigenvalue weighted by atomic mass is 10.2. The molecule has 0 bridgehead atoms. The predicted octanol–water partition coefficient (Wildman–Crippen LogP) is 2.22. The standard InChI is InChI=1S/C14H18F2N2O3/c1-3-18(8-9(2)13(19)20)14(21)17-7-10-4-5-11(15)12(16)6-10/h4-6,9H,3,7-8H2,1-2H3,(H,17,21)(H,19,20). The highest BCUT2D eigenvalue weighted by Crippen LogP contribution is 2.08. The van der Waals surface area contributed by atoms with E-state index in [9.17, 15) is 18.4 Å². The van der Waals surface area contributed by atoms with Crippen LogP contribution in [0.3, 0.4) is 0 Å². The number of benzene rings is 1. The largest absolute Gasteiger partial charge is 0.481 e. The number of nitrogens with zero attached hydrogens (tertiary/aromatic N) is 1. The van der Waals surface area contributed by atoms with Crippen LogP contribution in [0.1, 0.15) is 19.4 Å². The monoisotopic (exact) mass is 300 g/mol. The molecule has 0 saturated heterocycles. The molecule has 1 atom stereocenters. The molecule has 1 rings (SSSR count). The zero-order valence-corrected chi connectivity index (χ0v) is 11.9. The zero-order valence-electron chi connectivity index (χ0n) is 11.9. The Bertz CT molecular complexity index is 523. The van der Waals surface area contributed by atoms with Crippen LogP contribution in [0.25, 0.3) is 0 Å². The molecule has 0 fully saturated rings. The Kier molecular flexibility index (Phi) is 6.08. The van der Waals surface area contributed by atoms with E-state index in [0.29, 0.717) is 12.1 Å². The van der Waals surface area contributed by atoms with Crippen LogP contribution in [0.15, 0.2) is 18.2 Å². The summed E-state index contributed by atoms with van der Waals surface area (Å²) in [6, 6.07) is 2.91. The molecule has 1 aromatic carbocycles. The summed E-state index contributed by atoms with van der Waals surface area (Å²) in [6.45, 7) is 3.70. The van der Waals surface area contributed by atoms with Crippen LogP contribution in [0, 0.1) is 17.6 Å². The van der Waals surface area contributed by atoms with E-state index in [1.54, 1.807) is 6.92 Å². The Hall–Kier alpha value is -2.18. The number of carboxylic acids is 1. The van der Waals surface area contributed by atoms with Crippen LogP contribution in [0.4, 0.5) is 13.6 Å². The summed E-state index contributed by atoms with van der Waals surface area (Å²) in [4.78, 5) is 24.0. The lowest BCUT2D eigenvalue weighted by Crippen LogP contribution is -2.42. The molecule has 2 amide bonds. The van der Waals surface area contributed by atoms with Gasteiger partial charge in [-0.1, -0.05) is 13.0 Å². The number of halogens is 2. The summed E-state index contributed by atoms with van der Waals surface area (Å²) in [5, 5.41) is 11.4. The first-order valence-corrected chi connectivity index (χ1v) is 6.54.